The fourth-order valence-corrected chi connectivity index (χ4v) is 5.76. The van der Waals surface area contributed by atoms with Crippen LogP contribution in [0.3, 0.4) is 0 Å². The maximum absolute atomic E-state index is 13.9. The Balaban J connectivity index is 1.65. The summed E-state index contributed by atoms with van der Waals surface area (Å²) in [5.74, 6) is 0.192. The van der Waals surface area contributed by atoms with Gasteiger partial charge < -0.3 is 9.47 Å². The van der Waals surface area contributed by atoms with Gasteiger partial charge in [-0.15, -0.1) is 0 Å². The molecule has 1 aliphatic heterocycles. The molecule has 1 heterocycles. The van der Waals surface area contributed by atoms with Gasteiger partial charge in [0.25, 0.3) is 0 Å². The lowest BCUT2D eigenvalue weighted by Gasteiger charge is -2.43. The van der Waals surface area contributed by atoms with Gasteiger partial charge in [0.05, 0.1) is 24.3 Å². The molecule has 2 aliphatic rings. The largest absolute Gasteiger partial charge is 0.416 e. The van der Waals surface area contributed by atoms with Crippen molar-refractivity contribution in [2.75, 3.05) is 6.61 Å². The Morgan fingerprint density at radius 1 is 0.944 bits per heavy atom. The van der Waals surface area contributed by atoms with Crippen LogP contribution in [0, 0.1) is 30.5 Å². The Labute approximate surface area is 205 Å². The molecule has 2 fully saturated rings. The topological polar surface area (TPSA) is 18.5 Å². The highest BCUT2D eigenvalue weighted by molar-refractivity contribution is 5.34. The lowest BCUT2D eigenvalue weighted by molar-refractivity contribution is -0.211. The molecule has 2 nitrogen and oxygen atoms in total. The molecule has 9 heteroatoms. The van der Waals surface area contributed by atoms with Gasteiger partial charge >= 0.3 is 12.4 Å². The first-order valence-electron chi connectivity index (χ1n) is 12.1. The standard InChI is InChI=1S/C27H29F7O2/c1-15-4-3-5-23-18(8-15)14-36-25(24(23)22-7-6-21(28)9-16(22)2)35-13-17-10-19(26(29,30)31)12-20(11-17)27(32,33)34/h6-7,9-12,15,18,23-25H,3-5,8,13-14H2,1-2H3/t15?,18-,23+,24-,25-/m0/s1. The van der Waals surface area contributed by atoms with Crippen LogP contribution >= 0.6 is 0 Å². The van der Waals surface area contributed by atoms with E-state index in [1.807, 2.05) is 0 Å². The zero-order valence-corrected chi connectivity index (χ0v) is 20.1. The molecule has 4 rings (SSSR count). The Bertz CT molecular complexity index is 1030. The number of rotatable bonds is 4. The van der Waals surface area contributed by atoms with E-state index < -0.39 is 36.4 Å². The smallest absolute Gasteiger partial charge is 0.352 e. The highest BCUT2D eigenvalue weighted by atomic mass is 19.4. The number of alkyl halides is 6. The van der Waals surface area contributed by atoms with Crippen molar-refractivity contribution in [3.8, 4) is 0 Å². The summed E-state index contributed by atoms with van der Waals surface area (Å²) >= 11 is 0. The maximum Gasteiger partial charge on any atom is 0.416 e. The van der Waals surface area contributed by atoms with Crippen molar-refractivity contribution in [1.29, 1.82) is 0 Å². The number of hydrogen-bond acceptors (Lipinski definition) is 2. The first-order chi connectivity index (χ1) is 16.8. The molecule has 1 aliphatic carbocycles. The number of fused-ring (bicyclic) bond motifs is 1. The van der Waals surface area contributed by atoms with Crippen molar-refractivity contribution in [2.45, 2.75) is 70.7 Å². The minimum atomic E-state index is -4.94. The first kappa shape index (κ1) is 26.9. The Hall–Kier alpha value is -2.13. The van der Waals surface area contributed by atoms with Gasteiger partial charge in [-0.05, 0) is 84.5 Å². The second-order valence-corrected chi connectivity index (χ2v) is 10.1. The molecule has 0 amide bonds. The summed E-state index contributed by atoms with van der Waals surface area (Å²) in [6, 6.07) is 5.89. The fraction of sp³-hybridized carbons (Fsp3) is 0.556. The fourth-order valence-electron chi connectivity index (χ4n) is 5.76. The quantitative estimate of drug-likeness (QED) is 0.379. The number of hydrogen-bond donors (Lipinski definition) is 0. The third-order valence-corrected chi connectivity index (χ3v) is 7.43. The molecule has 0 N–H and O–H groups in total. The zero-order valence-electron chi connectivity index (χ0n) is 20.1. The molecular weight excluding hydrogens is 489 g/mol. The van der Waals surface area contributed by atoms with Gasteiger partial charge in [-0.2, -0.15) is 26.3 Å². The van der Waals surface area contributed by atoms with Crippen LogP contribution in [0.1, 0.15) is 66.3 Å². The molecule has 0 radical (unpaired) electrons. The Morgan fingerprint density at radius 2 is 1.61 bits per heavy atom. The number of aryl methyl sites for hydroxylation is 1. The summed E-state index contributed by atoms with van der Waals surface area (Å²) in [4.78, 5) is 0. The third-order valence-electron chi connectivity index (χ3n) is 7.43. The molecule has 36 heavy (non-hydrogen) atoms. The number of halogens is 7. The Morgan fingerprint density at radius 3 is 2.22 bits per heavy atom. The van der Waals surface area contributed by atoms with Crippen LogP contribution in [-0.2, 0) is 28.4 Å². The highest BCUT2D eigenvalue weighted by Gasteiger charge is 2.44. The van der Waals surface area contributed by atoms with Crippen LogP contribution in [0.4, 0.5) is 30.7 Å². The second kappa shape index (κ2) is 10.3. The molecule has 0 spiro atoms. The summed E-state index contributed by atoms with van der Waals surface area (Å²) in [5.41, 5.74) is -1.49. The first-order valence-corrected chi connectivity index (χ1v) is 12.1. The van der Waals surface area contributed by atoms with Crippen LogP contribution in [-0.4, -0.2) is 12.9 Å². The lowest BCUT2D eigenvalue weighted by Crippen LogP contribution is -2.42. The van der Waals surface area contributed by atoms with E-state index in [0.29, 0.717) is 30.2 Å². The van der Waals surface area contributed by atoms with E-state index in [9.17, 15) is 30.7 Å². The maximum atomic E-state index is 13.9. The normalized spacial score (nSPS) is 27.4. The van der Waals surface area contributed by atoms with Crippen LogP contribution < -0.4 is 0 Å². The van der Waals surface area contributed by atoms with Gasteiger partial charge in [-0.3, -0.25) is 0 Å². The van der Waals surface area contributed by atoms with Gasteiger partial charge in [-0.1, -0.05) is 25.8 Å². The van der Waals surface area contributed by atoms with Crippen molar-refractivity contribution in [3.05, 3.63) is 70.0 Å². The van der Waals surface area contributed by atoms with Gasteiger partial charge in [0.2, 0.25) is 0 Å². The van der Waals surface area contributed by atoms with Crippen molar-refractivity contribution in [2.24, 2.45) is 17.8 Å². The van der Waals surface area contributed by atoms with Crippen molar-refractivity contribution in [3.63, 3.8) is 0 Å². The molecule has 2 aromatic carbocycles. The average molecular weight is 519 g/mol. The van der Waals surface area contributed by atoms with Gasteiger partial charge in [-0.25, -0.2) is 4.39 Å². The summed E-state index contributed by atoms with van der Waals surface area (Å²) in [7, 11) is 0. The van der Waals surface area contributed by atoms with E-state index in [2.05, 4.69) is 6.92 Å². The van der Waals surface area contributed by atoms with Crippen LogP contribution in [0.5, 0.6) is 0 Å². The summed E-state index contributed by atoms with van der Waals surface area (Å²) in [6.07, 6.45) is -6.84. The van der Waals surface area contributed by atoms with Crippen molar-refractivity contribution < 1.29 is 40.2 Å². The van der Waals surface area contributed by atoms with E-state index in [4.69, 9.17) is 9.47 Å². The van der Waals surface area contributed by atoms with Gasteiger partial charge in [0, 0.05) is 5.92 Å². The zero-order chi connectivity index (χ0) is 26.3. The SMILES string of the molecule is Cc1cc(F)ccc1[C@@H]1[C@@H](OCc2cc(C(F)(F)F)cc(C(F)(F)F)c2)OC[C@@H]2CC(C)CCC[C@H]21. The monoisotopic (exact) mass is 518 g/mol. The minimum absolute atomic E-state index is 0.0998. The molecule has 5 atom stereocenters. The summed E-state index contributed by atoms with van der Waals surface area (Å²) in [6.45, 7) is 3.88. The number of ether oxygens (including phenoxy) is 2. The molecular formula is C27H29F7O2. The predicted octanol–water partition coefficient (Wildman–Crippen LogP) is 8.27. The molecule has 0 bridgehead atoms. The van der Waals surface area contributed by atoms with Crippen molar-refractivity contribution >= 4 is 0 Å². The lowest BCUT2D eigenvalue weighted by atomic mass is 9.72. The highest BCUT2D eigenvalue weighted by Crippen LogP contribution is 2.47. The predicted molar refractivity (Wildman–Crippen MR) is 119 cm³/mol. The van der Waals surface area contributed by atoms with Crippen molar-refractivity contribution in [1.82, 2.24) is 0 Å². The third kappa shape index (κ3) is 6.05. The van der Waals surface area contributed by atoms with E-state index in [-0.39, 0.29) is 35.2 Å². The van der Waals surface area contributed by atoms with Gasteiger partial charge in [0.1, 0.15) is 5.82 Å². The molecule has 0 aromatic heterocycles. The second-order valence-electron chi connectivity index (χ2n) is 10.1. The van der Waals surface area contributed by atoms with Crippen LogP contribution in [0.2, 0.25) is 0 Å². The molecule has 198 valence electrons. The Kier molecular flexibility index (Phi) is 7.72. The van der Waals surface area contributed by atoms with Crippen LogP contribution in [0.15, 0.2) is 36.4 Å². The average Bonchev–Trinajstić information content (AvgIpc) is 2.97. The van der Waals surface area contributed by atoms with E-state index in [1.165, 1.54) is 12.1 Å². The molecule has 1 saturated carbocycles. The summed E-state index contributed by atoms with van der Waals surface area (Å²) in [5, 5.41) is 0. The number of benzene rings is 2. The van der Waals surface area contributed by atoms with E-state index >= 15 is 0 Å². The van der Waals surface area contributed by atoms with Gasteiger partial charge in [0.15, 0.2) is 6.29 Å². The van der Waals surface area contributed by atoms with E-state index in [0.717, 1.165) is 31.2 Å². The van der Waals surface area contributed by atoms with E-state index in [1.54, 1.807) is 13.0 Å². The summed E-state index contributed by atoms with van der Waals surface area (Å²) < 4.78 is 106. The molecule has 1 unspecified atom stereocenters. The molecule has 2 aromatic rings. The molecule has 1 saturated heterocycles. The van der Waals surface area contributed by atoms with Crippen LogP contribution in [0.25, 0.3) is 0 Å². The minimum Gasteiger partial charge on any atom is -0.352 e.